The van der Waals surface area contributed by atoms with E-state index >= 15 is 0 Å². The number of hydrogen-bond donors (Lipinski definition) is 1. The van der Waals surface area contributed by atoms with Crippen molar-refractivity contribution in [3.63, 3.8) is 0 Å². The van der Waals surface area contributed by atoms with Gasteiger partial charge >= 0.3 is 0 Å². The zero-order chi connectivity index (χ0) is 11.4. The Bertz CT molecular complexity index is 337. The fourth-order valence-corrected chi connectivity index (χ4v) is 4.91. The molecule has 3 unspecified atom stereocenters. The van der Waals surface area contributed by atoms with Crippen LogP contribution in [0.1, 0.15) is 32.6 Å². The third-order valence-corrected chi connectivity index (χ3v) is 6.07. The van der Waals surface area contributed by atoms with E-state index in [1.165, 1.54) is 12.8 Å². The van der Waals surface area contributed by atoms with Gasteiger partial charge in [0.25, 0.3) is 0 Å². The Balaban J connectivity index is 1.86. The van der Waals surface area contributed by atoms with Crippen molar-refractivity contribution in [1.29, 1.82) is 0 Å². The van der Waals surface area contributed by atoms with Gasteiger partial charge in [0, 0.05) is 11.3 Å². The van der Waals surface area contributed by atoms with Crippen LogP contribution in [0.15, 0.2) is 21.7 Å². The van der Waals surface area contributed by atoms with Crippen LogP contribution in [0, 0.1) is 0 Å². The predicted octanol–water partition coefficient (Wildman–Crippen LogP) is 2.78. The monoisotopic (exact) mass is 257 g/mol. The van der Waals surface area contributed by atoms with Crippen molar-refractivity contribution in [2.24, 2.45) is 0 Å². The first-order valence-corrected chi connectivity index (χ1v) is 8.08. The fraction of sp³-hybridized carbons (Fsp3) is 0.667. The average molecular weight is 257 g/mol. The summed E-state index contributed by atoms with van der Waals surface area (Å²) in [6.07, 6.45) is 4.54. The van der Waals surface area contributed by atoms with Gasteiger partial charge in [0.1, 0.15) is 0 Å². The molecule has 0 spiro atoms. The van der Waals surface area contributed by atoms with E-state index < -0.39 is 10.8 Å². The largest absolute Gasteiger partial charge is 0.314 e. The Morgan fingerprint density at radius 1 is 1.56 bits per heavy atom. The van der Waals surface area contributed by atoms with E-state index in [1.54, 1.807) is 11.3 Å². The van der Waals surface area contributed by atoms with Crippen molar-refractivity contribution in [2.75, 3.05) is 6.54 Å². The number of rotatable bonds is 5. The van der Waals surface area contributed by atoms with E-state index in [4.69, 9.17) is 0 Å². The summed E-state index contributed by atoms with van der Waals surface area (Å²) in [6.45, 7) is 3.27. The van der Waals surface area contributed by atoms with E-state index in [9.17, 15) is 4.21 Å². The van der Waals surface area contributed by atoms with Crippen LogP contribution >= 0.6 is 11.3 Å². The molecule has 3 atom stereocenters. The molecule has 1 N–H and O–H groups in total. The van der Waals surface area contributed by atoms with Gasteiger partial charge in [-0.25, -0.2) is 0 Å². The van der Waals surface area contributed by atoms with Crippen molar-refractivity contribution >= 4 is 22.1 Å². The van der Waals surface area contributed by atoms with Crippen LogP contribution in [0.25, 0.3) is 0 Å². The summed E-state index contributed by atoms with van der Waals surface area (Å²) in [5.74, 6) is 0. The van der Waals surface area contributed by atoms with Crippen LogP contribution < -0.4 is 5.32 Å². The van der Waals surface area contributed by atoms with E-state index in [0.29, 0.717) is 11.3 Å². The molecule has 1 fully saturated rings. The van der Waals surface area contributed by atoms with Gasteiger partial charge in [-0.1, -0.05) is 13.0 Å². The molecule has 90 valence electrons. The quantitative estimate of drug-likeness (QED) is 0.879. The van der Waals surface area contributed by atoms with Crippen LogP contribution in [0.2, 0.25) is 0 Å². The van der Waals surface area contributed by atoms with Gasteiger partial charge in [0.15, 0.2) is 0 Å². The molecule has 1 aromatic rings. The van der Waals surface area contributed by atoms with Crippen LogP contribution in [0.5, 0.6) is 0 Å². The van der Waals surface area contributed by atoms with Crippen LogP contribution in [0.3, 0.4) is 0 Å². The lowest BCUT2D eigenvalue weighted by Crippen LogP contribution is -2.28. The molecule has 16 heavy (non-hydrogen) atoms. The maximum Gasteiger partial charge on any atom is 0.0913 e. The Morgan fingerprint density at radius 3 is 3.12 bits per heavy atom. The summed E-state index contributed by atoms with van der Waals surface area (Å²) in [4.78, 5) is 0. The molecular weight excluding hydrogens is 238 g/mol. The second-order valence-electron chi connectivity index (χ2n) is 4.32. The molecule has 0 saturated heterocycles. The lowest BCUT2D eigenvalue weighted by molar-refractivity contribution is 0.523. The van der Waals surface area contributed by atoms with Gasteiger partial charge in [0.05, 0.1) is 15.0 Å². The molecule has 2 rings (SSSR count). The standard InChI is InChI=1S/C12H19NOS2/c1-2-7-13-10-5-6-11(9-10)16(14)12-4-3-8-15-12/h3-4,8,10-11,13H,2,5-7,9H2,1H3. The summed E-state index contributed by atoms with van der Waals surface area (Å²) in [5, 5.41) is 5.91. The average Bonchev–Trinajstić information content (AvgIpc) is 2.96. The zero-order valence-electron chi connectivity index (χ0n) is 9.65. The van der Waals surface area contributed by atoms with Crippen LogP contribution in [-0.2, 0) is 10.8 Å². The first-order valence-electron chi connectivity index (χ1n) is 5.98. The maximum absolute atomic E-state index is 12.2. The first-order chi connectivity index (χ1) is 7.81. The molecule has 0 bridgehead atoms. The minimum Gasteiger partial charge on any atom is -0.314 e. The minimum absolute atomic E-state index is 0.369. The smallest absolute Gasteiger partial charge is 0.0913 e. The molecule has 0 amide bonds. The Hall–Kier alpha value is -0.190. The maximum atomic E-state index is 12.2. The second-order valence-corrected chi connectivity index (χ2v) is 7.22. The number of thiophene rings is 1. The van der Waals surface area contributed by atoms with Gasteiger partial charge in [-0.05, 0) is 43.7 Å². The molecule has 1 aliphatic carbocycles. The predicted molar refractivity (Wildman–Crippen MR) is 70.4 cm³/mol. The highest BCUT2D eigenvalue weighted by molar-refractivity contribution is 7.87. The number of hydrogen-bond acceptors (Lipinski definition) is 3. The molecule has 1 saturated carbocycles. The Labute approximate surface area is 104 Å². The minimum atomic E-state index is -0.775. The van der Waals surface area contributed by atoms with Gasteiger partial charge in [-0.3, -0.25) is 4.21 Å². The fourth-order valence-electron chi connectivity index (χ4n) is 2.21. The highest BCUT2D eigenvalue weighted by atomic mass is 32.2. The third kappa shape index (κ3) is 2.93. The molecule has 1 heterocycles. The summed E-state index contributed by atoms with van der Waals surface area (Å²) in [6, 6.07) is 4.57. The zero-order valence-corrected chi connectivity index (χ0v) is 11.3. The highest BCUT2D eigenvalue weighted by Crippen LogP contribution is 2.29. The van der Waals surface area contributed by atoms with Gasteiger partial charge in [-0.2, -0.15) is 0 Å². The van der Waals surface area contributed by atoms with Crippen molar-refractivity contribution < 1.29 is 4.21 Å². The summed E-state index contributed by atoms with van der Waals surface area (Å²) in [7, 11) is -0.775. The third-order valence-electron chi connectivity index (χ3n) is 3.06. The molecule has 1 aromatic heterocycles. The van der Waals surface area contributed by atoms with E-state index in [-0.39, 0.29) is 0 Å². The van der Waals surface area contributed by atoms with Crippen molar-refractivity contribution in [3.8, 4) is 0 Å². The molecule has 4 heteroatoms. The normalized spacial score (nSPS) is 27.1. The molecule has 1 aliphatic rings. The van der Waals surface area contributed by atoms with E-state index in [0.717, 1.165) is 23.6 Å². The lowest BCUT2D eigenvalue weighted by atomic mass is 10.2. The number of nitrogens with one attached hydrogen (secondary N) is 1. The van der Waals surface area contributed by atoms with Gasteiger partial charge < -0.3 is 5.32 Å². The van der Waals surface area contributed by atoms with E-state index in [2.05, 4.69) is 12.2 Å². The molecule has 2 nitrogen and oxygen atoms in total. The van der Waals surface area contributed by atoms with Gasteiger partial charge in [-0.15, -0.1) is 11.3 Å². The lowest BCUT2D eigenvalue weighted by Gasteiger charge is -2.11. The summed E-state index contributed by atoms with van der Waals surface area (Å²) < 4.78 is 13.3. The topological polar surface area (TPSA) is 29.1 Å². The van der Waals surface area contributed by atoms with Crippen molar-refractivity contribution in [2.45, 2.75) is 48.1 Å². The molecule has 0 aliphatic heterocycles. The van der Waals surface area contributed by atoms with Crippen molar-refractivity contribution in [1.82, 2.24) is 5.32 Å². The van der Waals surface area contributed by atoms with Gasteiger partial charge in [0.2, 0.25) is 0 Å². The SMILES string of the molecule is CCCNC1CCC(S(=O)c2cccs2)C1. The molecule has 0 radical (unpaired) electrons. The molecule has 0 aromatic carbocycles. The Kier molecular flexibility index (Phi) is 4.55. The first kappa shape index (κ1) is 12.3. The second kappa shape index (κ2) is 5.94. The van der Waals surface area contributed by atoms with E-state index in [1.807, 2.05) is 17.5 Å². The highest BCUT2D eigenvalue weighted by Gasteiger charge is 2.29. The summed E-state index contributed by atoms with van der Waals surface area (Å²) >= 11 is 1.62. The Morgan fingerprint density at radius 2 is 2.44 bits per heavy atom. The van der Waals surface area contributed by atoms with Crippen LogP contribution in [-0.4, -0.2) is 22.0 Å². The molecular formula is C12H19NOS2. The van der Waals surface area contributed by atoms with Crippen LogP contribution in [0.4, 0.5) is 0 Å². The van der Waals surface area contributed by atoms with Crippen molar-refractivity contribution in [3.05, 3.63) is 17.5 Å². The summed E-state index contributed by atoms with van der Waals surface area (Å²) in [5.41, 5.74) is 0.